The molecule has 0 aliphatic carbocycles. The van der Waals surface area contributed by atoms with Crippen LogP contribution in [0, 0.1) is 10.1 Å². The van der Waals surface area contributed by atoms with Crippen LogP contribution in [-0.4, -0.2) is 28.8 Å². The molecule has 0 spiro atoms. The molecular formula is C11H12F2N2O2. The van der Waals surface area contributed by atoms with Gasteiger partial charge in [0.25, 0.3) is 11.6 Å². The Morgan fingerprint density at radius 2 is 2.00 bits per heavy atom. The zero-order valence-corrected chi connectivity index (χ0v) is 9.10. The SMILES string of the molecule is O=[N+]([O-])c1ccc(CN2CCC(F)(F)C2)cc1. The van der Waals surface area contributed by atoms with E-state index in [0.717, 1.165) is 5.56 Å². The summed E-state index contributed by atoms with van der Waals surface area (Å²) < 4.78 is 25.9. The van der Waals surface area contributed by atoms with Gasteiger partial charge in [0.05, 0.1) is 11.5 Å². The summed E-state index contributed by atoms with van der Waals surface area (Å²) in [7, 11) is 0. The molecule has 0 radical (unpaired) electrons. The van der Waals surface area contributed by atoms with Crippen molar-refractivity contribution in [2.75, 3.05) is 13.1 Å². The normalized spacial score (nSPS) is 19.4. The fourth-order valence-corrected chi connectivity index (χ4v) is 1.92. The largest absolute Gasteiger partial charge is 0.293 e. The fraction of sp³-hybridized carbons (Fsp3) is 0.455. The van der Waals surface area contributed by atoms with Gasteiger partial charge >= 0.3 is 0 Å². The van der Waals surface area contributed by atoms with Gasteiger partial charge in [-0.05, 0) is 5.56 Å². The van der Waals surface area contributed by atoms with E-state index in [4.69, 9.17) is 0 Å². The van der Waals surface area contributed by atoms with Crippen LogP contribution < -0.4 is 0 Å². The third-order valence-electron chi connectivity index (χ3n) is 2.80. The first-order valence-corrected chi connectivity index (χ1v) is 5.30. The number of non-ortho nitro benzene ring substituents is 1. The number of halogens is 2. The number of hydrogen-bond donors (Lipinski definition) is 0. The van der Waals surface area contributed by atoms with Crippen LogP contribution in [0.15, 0.2) is 24.3 Å². The van der Waals surface area contributed by atoms with Gasteiger partial charge < -0.3 is 0 Å². The summed E-state index contributed by atoms with van der Waals surface area (Å²) in [6, 6.07) is 6.00. The molecular weight excluding hydrogens is 230 g/mol. The molecule has 1 aromatic carbocycles. The second-order valence-corrected chi connectivity index (χ2v) is 4.24. The van der Waals surface area contributed by atoms with Gasteiger partial charge in [-0.25, -0.2) is 8.78 Å². The van der Waals surface area contributed by atoms with Crippen molar-refractivity contribution in [2.24, 2.45) is 0 Å². The Morgan fingerprint density at radius 1 is 1.35 bits per heavy atom. The lowest BCUT2D eigenvalue weighted by Gasteiger charge is -2.15. The Hall–Kier alpha value is -1.56. The van der Waals surface area contributed by atoms with Gasteiger partial charge in [-0.15, -0.1) is 0 Å². The number of nitro benzene ring substituents is 1. The third kappa shape index (κ3) is 2.97. The van der Waals surface area contributed by atoms with Crippen LogP contribution in [0.2, 0.25) is 0 Å². The van der Waals surface area contributed by atoms with Crippen molar-refractivity contribution in [2.45, 2.75) is 18.9 Å². The van der Waals surface area contributed by atoms with Crippen LogP contribution in [0.1, 0.15) is 12.0 Å². The van der Waals surface area contributed by atoms with Crippen molar-refractivity contribution in [3.63, 3.8) is 0 Å². The van der Waals surface area contributed by atoms with Crippen molar-refractivity contribution in [1.82, 2.24) is 4.90 Å². The second-order valence-electron chi connectivity index (χ2n) is 4.24. The molecule has 0 aromatic heterocycles. The number of likely N-dealkylation sites (tertiary alicyclic amines) is 1. The highest BCUT2D eigenvalue weighted by atomic mass is 19.3. The topological polar surface area (TPSA) is 46.4 Å². The van der Waals surface area contributed by atoms with E-state index in [-0.39, 0.29) is 18.7 Å². The summed E-state index contributed by atoms with van der Waals surface area (Å²) in [5.41, 5.74) is 0.828. The maximum Gasteiger partial charge on any atom is 0.269 e. The van der Waals surface area contributed by atoms with Crippen LogP contribution in [0.4, 0.5) is 14.5 Å². The molecule has 92 valence electrons. The highest BCUT2D eigenvalue weighted by molar-refractivity contribution is 5.32. The summed E-state index contributed by atoms with van der Waals surface area (Å²) >= 11 is 0. The van der Waals surface area contributed by atoms with Crippen LogP contribution >= 0.6 is 0 Å². The molecule has 1 saturated heterocycles. The molecule has 4 nitrogen and oxygen atoms in total. The minimum absolute atomic E-state index is 0.0144. The van der Waals surface area contributed by atoms with Crippen LogP contribution in [0.25, 0.3) is 0 Å². The van der Waals surface area contributed by atoms with Crippen molar-refractivity contribution in [1.29, 1.82) is 0 Å². The average molecular weight is 242 g/mol. The van der Waals surface area contributed by atoms with E-state index in [2.05, 4.69) is 0 Å². The molecule has 1 aliphatic heterocycles. The zero-order chi connectivity index (χ0) is 12.5. The molecule has 1 aliphatic rings. The summed E-state index contributed by atoms with van der Waals surface area (Å²) in [5, 5.41) is 10.4. The Morgan fingerprint density at radius 3 is 2.47 bits per heavy atom. The summed E-state index contributed by atoms with van der Waals surface area (Å²) in [6.45, 7) is 0.543. The highest BCUT2D eigenvalue weighted by Gasteiger charge is 2.37. The Bertz CT molecular complexity index is 420. The molecule has 1 fully saturated rings. The third-order valence-corrected chi connectivity index (χ3v) is 2.80. The molecule has 1 heterocycles. The number of nitrogens with zero attached hydrogens (tertiary/aromatic N) is 2. The van der Waals surface area contributed by atoms with E-state index < -0.39 is 10.8 Å². The smallest absolute Gasteiger partial charge is 0.269 e. The van der Waals surface area contributed by atoms with E-state index in [0.29, 0.717) is 13.1 Å². The molecule has 0 N–H and O–H groups in total. The van der Waals surface area contributed by atoms with Gasteiger partial charge in [-0.1, -0.05) is 12.1 Å². The lowest BCUT2D eigenvalue weighted by atomic mass is 10.2. The van der Waals surface area contributed by atoms with E-state index in [9.17, 15) is 18.9 Å². The van der Waals surface area contributed by atoms with Crippen molar-refractivity contribution in [3.05, 3.63) is 39.9 Å². The summed E-state index contributed by atoms with van der Waals surface area (Å²) in [5.74, 6) is -2.60. The van der Waals surface area contributed by atoms with Crippen LogP contribution in [-0.2, 0) is 6.54 Å². The van der Waals surface area contributed by atoms with E-state index in [1.165, 1.54) is 12.1 Å². The Labute approximate surface area is 97.0 Å². The number of hydrogen-bond acceptors (Lipinski definition) is 3. The Kier molecular flexibility index (Phi) is 3.06. The minimum atomic E-state index is -2.60. The first-order chi connectivity index (χ1) is 7.96. The molecule has 0 saturated carbocycles. The van der Waals surface area contributed by atoms with Gasteiger partial charge in [-0.3, -0.25) is 15.0 Å². The predicted octanol–water partition coefficient (Wildman–Crippen LogP) is 2.44. The van der Waals surface area contributed by atoms with Gasteiger partial charge in [0.1, 0.15) is 0 Å². The first-order valence-electron chi connectivity index (χ1n) is 5.30. The molecule has 0 bridgehead atoms. The molecule has 6 heteroatoms. The van der Waals surface area contributed by atoms with E-state index in [1.807, 2.05) is 0 Å². The van der Waals surface area contributed by atoms with E-state index in [1.54, 1.807) is 17.0 Å². The minimum Gasteiger partial charge on any atom is -0.293 e. The van der Waals surface area contributed by atoms with Crippen molar-refractivity contribution in [3.8, 4) is 0 Å². The number of rotatable bonds is 3. The molecule has 0 atom stereocenters. The van der Waals surface area contributed by atoms with Gasteiger partial charge in [0.15, 0.2) is 0 Å². The Balaban J connectivity index is 1.98. The standard InChI is InChI=1S/C11H12F2N2O2/c12-11(13)5-6-14(8-11)7-9-1-3-10(4-2-9)15(16)17/h1-4H,5-8H2. The molecule has 2 rings (SSSR count). The summed E-state index contributed by atoms with van der Waals surface area (Å²) in [6.07, 6.45) is -0.111. The van der Waals surface area contributed by atoms with Crippen LogP contribution in [0.3, 0.4) is 0 Å². The van der Waals surface area contributed by atoms with Gasteiger partial charge in [0.2, 0.25) is 0 Å². The lowest BCUT2D eigenvalue weighted by Crippen LogP contribution is -2.24. The van der Waals surface area contributed by atoms with Crippen molar-refractivity contribution >= 4 is 5.69 Å². The summed E-state index contributed by atoms with van der Waals surface area (Å²) in [4.78, 5) is 11.6. The van der Waals surface area contributed by atoms with Gasteiger partial charge in [-0.2, -0.15) is 0 Å². The molecule has 17 heavy (non-hydrogen) atoms. The average Bonchev–Trinajstić information content (AvgIpc) is 2.59. The lowest BCUT2D eigenvalue weighted by molar-refractivity contribution is -0.384. The number of nitro groups is 1. The van der Waals surface area contributed by atoms with Gasteiger partial charge in [0, 0.05) is 31.6 Å². The highest BCUT2D eigenvalue weighted by Crippen LogP contribution is 2.28. The van der Waals surface area contributed by atoms with E-state index >= 15 is 0 Å². The fourth-order valence-electron chi connectivity index (χ4n) is 1.92. The van der Waals surface area contributed by atoms with Crippen LogP contribution in [0.5, 0.6) is 0 Å². The number of alkyl halides is 2. The second kappa shape index (κ2) is 4.37. The molecule has 0 unspecified atom stereocenters. The maximum absolute atomic E-state index is 12.9. The predicted molar refractivity (Wildman–Crippen MR) is 57.9 cm³/mol. The van der Waals surface area contributed by atoms with Crippen molar-refractivity contribution < 1.29 is 13.7 Å². The quantitative estimate of drug-likeness (QED) is 0.604. The zero-order valence-electron chi connectivity index (χ0n) is 9.10. The monoisotopic (exact) mass is 242 g/mol. The molecule has 1 aromatic rings. The first kappa shape index (κ1) is 11.9. The molecule has 0 amide bonds. The number of benzene rings is 1. The maximum atomic E-state index is 12.9.